The minimum absolute atomic E-state index is 0.0313. The molecule has 0 aliphatic heterocycles. The van der Waals surface area contributed by atoms with E-state index in [1.54, 1.807) is 26.8 Å². The van der Waals surface area contributed by atoms with Crippen LogP contribution in [0.5, 0.6) is 0 Å². The van der Waals surface area contributed by atoms with Crippen LogP contribution >= 0.6 is 11.6 Å². The zero-order chi connectivity index (χ0) is 14.8. The van der Waals surface area contributed by atoms with Crippen molar-refractivity contribution in [3.8, 4) is 0 Å². The number of nitrogens with two attached hydrogens (primary N) is 1. The summed E-state index contributed by atoms with van der Waals surface area (Å²) in [5.74, 6) is 0. The second kappa shape index (κ2) is 5.66. The van der Waals surface area contributed by atoms with Gasteiger partial charge >= 0.3 is 0 Å². The third-order valence-electron chi connectivity index (χ3n) is 2.51. The van der Waals surface area contributed by atoms with E-state index in [9.17, 15) is 13.5 Å². The van der Waals surface area contributed by atoms with Crippen LogP contribution in [0.4, 0.5) is 5.69 Å². The van der Waals surface area contributed by atoms with E-state index in [0.717, 1.165) is 4.31 Å². The summed E-state index contributed by atoms with van der Waals surface area (Å²) in [7, 11) is -3.83. The van der Waals surface area contributed by atoms with E-state index in [1.807, 2.05) is 0 Å². The number of rotatable bonds is 5. The van der Waals surface area contributed by atoms with Gasteiger partial charge < -0.3 is 10.8 Å². The number of likely N-dealkylation sites (N-methyl/N-ethyl adjacent to an activating group) is 1. The van der Waals surface area contributed by atoms with Crippen LogP contribution < -0.4 is 5.73 Å². The normalized spacial score (nSPS) is 12.9. The van der Waals surface area contributed by atoms with Gasteiger partial charge in [0.15, 0.2) is 0 Å². The highest BCUT2D eigenvalue weighted by molar-refractivity contribution is 7.89. The van der Waals surface area contributed by atoms with E-state index in [1.165, 1.54) is 12.1 Å². The smallest absolute Gasteiger partial charge is 0.246 e. The van der Waals surface area contributed by atoms with Gasteiger partial charge in [-0.25, -0.2) is 8.42 Å². The van der Waals surface area contributed by atoms with E-state index in [4.69, 9.17) is 17.3 Å². The summed E-state index contributed by atoms with van der Waals surface area (Å²) < 4.78 is 26.2. The molecule has 0 unspecified atom stereocenters. The standard InChI is InChI=1S/C12H19ClN2O3S/c1-4-15(8-12(2,3)16)19(17,18)11-9(13)6-5-7-10(11)14/h5-7,16H,4,8,14H2,1-3H3. The van der Waals surface area contributed by atoms with E-state index in [-0.39, 0.29) is 28.7 Å². The lowest BCUT2D eigenvalue weighted by molar-refractivity contribution is 0.0601. The van der Waals surface area contributed by atoms with Gasteiger partial charge in [-0.1, -0.05) is 24.6 Å². The number of nitrogens with zero attached hydrogens (tertiary/aromatic N) is 1. The third kappa shape index (κ3) is 3.82. The molecule has 0 atom stereocenters. The quantitative estimate of drug-likeness (QED) is 0.811. The highest BCUT2D eigenvalue weighted by Gasteiger charge is 2.31. The zero-order valence-corrected chi connectivity index (χ0v) is 12.8. The van der Waals surface area contributed by atoms with Gasteiger partial charge in [0.25, 0.3) is 0 Å². The Labute approximate surface area is 119 Å². The lowest BCUT2D eigenvalue weighted by atomic mass is 10.1. The predicted octanol–water partition coefficient (Wildman–Crippen LogP) is 1.70. The minimum Gasteiger partial charge on any atom is -0.398 e. The van der Waals surface area contributed by atoms with Crippen molar-refractivity contribution in [3.63, 3.8) is 0 Å². The molecular weight excluding hydrogens is 288 g/mol. The van der Waals surface area contributed by atoms with Crippen LogP contribution in [0.25, 0.3) is 0 Å². The molecule has 0 heterocycles. The molecule has 0 saturated carbocycles. The number of hydrogen-bond donors (Lipinski definition) is 2. The Balaban J connectivity index is 3.29. The average Bonchev–Trinajstić information content (AvgIpc) is 2.23. The highest BCUT2D eigenvalue weighted by Crippen LogP contribution is 2.30. The Hall–Kier alpha value is -0.820. The number of sulfonamides is 1. The molecule has 5 nitrogen and oxygen atoms in total. The number of benzene rings is 1. The fourth-order valence-corrected chi connectivity index (χ4v) is 3.96. The van der Waals surface area contributed by atoms with E-state index in [0.29, 0.717) is 0 Å². The first-order valence-corrected chi connectivity index (χ1v) is 7.68. The summed E-state index contributed by atoms with van der Waals surface area (Å²) >= 11 is 5.94. The van der Waals surface area contributed by atoms with Gasteiger partial charge in [-0.05, 0) is 26.0 Å². The Morgan fingerprint density at radius 1 is 1.42 bits per heavy atom. The van der Waals surface area contributed by atoms with Gasteiger partial charge in [0, 0.05) is 13.1 Å². The molecule has 7 heteroatoms. The first kappa shape index (κ1) is 16.2. The maximum Gasteiger partial charge on any atom is 0.246 e. The molecule has 0 radical (unpaired) electrons. The number of nitrogen functional groups attached to an aromatic ring is 1. The Kier molecular flexibility index (Phi) is 4.84. The first-order chi connectivity index (χ1) is 8.59. The van der Waals surface area contributed by atoms with Gasteiger partial charge in [0.1, 0.15) is 4.90 Å². The van der Waals surface area contributed by atoms with E-state index >= 15 is 0 Å². The highest BCUT2D eigenvalue weighted by atomic mass is 35.5. The van der Waals surface area contributed by atoms with Crippen molar-refractivity contribution in [2.45, 2.75) is 31.3 Å². The molecule has 1 aromatic carbocycles. The molecule has 0 amide bonds. The number of aliphatic hydroxyl groups is 1. The van der Waals surface area contributed by atoms with Crippen molar-refractivity contribution in [1.29, 1.82) is 0 Å². The Morgan fingerprint density at radius 3 is 2.42 bits per heavy atom. The van der Waals surface area contributed by atoms with Crippen molar-refractivity contribution < 1.29 is 13.5 Å². The second-order valence-electron chi connectivity index (χ2n) is 4.90. The average molecular weight is 307 g/mol. The second-order valence-corrected chi connectivity index (χ2v) is 7.18. The number of halogens is 1. The van der Waals surface area contributed by atoms with Crippen LogP contribution in [0.1, 0.15) is 20.8 Å². The third-order valence-corrected chi connectivity index (χ3v) is 4.98. The Morgan fingerprint density at radius 2 is 2.00 bits per heavy atom. The molecule has 3 N–H and O–H groups in total. The van der Waals surface area contributed by atoms with Gasteiger partial charge in [-0.3, -0.25) is 0 Å². The molecule has 1 rings (SSSR count). The molecule has 108 valence electrons. The predicted molar refractivity (Wildman–Crippen MR) is 76.6 cm³/mol. The lowest BCUT2D eigenvalue weighted by Gasteiger charge is -2.28. The number of anilines is 1. The largest absolute Gasteiger partial charge is 0.398 e. The first-order valence-electron chi connectivity index (χ1n) is 5.86. The fraction of sp³-hybridized carbons (Fsp3) is 0.500. The lowest BCUT2D eigenvalue weighted by Crippen LogP contribution is -2.42. The maximum absolute atomic E-state index is 12.5. The van der Waals surface area contributed by atoms with Gasteiger partial charge in [0.05, 0.1) is 16.3 Å². The summed E-state index contributed by atoms with van der Waals surface area (Å²) in [6, 6.07) is 4.54. The molecule has 19 heavy (non-hydrogen) atoms. The monoisotopic (exact) mass is 306 g/mol. The summed E-state index contributed by atoms with van der Waals surface area (Å²) in [6.45, 7) is 4.96. The summed E-state index contributed by atoms with van der Waals surface area (Å²) in [6.07, 6.45) is 0. The van der Waals surface area contributed by atoms with E-state index < -0.39 is 15.6 Å². The molecule has 0 fully saturated rings. The van der Waals surface area contributed by atoms with Gasteiger partial charge in [-0.15, -0.1) is 0 Å². The molecule has 0 aromatic heterocycles. The van der Waals surface area contributed by atoms with Crippen LogP contribution in [-0.4, -0.2) is 36.5 Å². The fourth-order valence-electron chi connectivity index (χ4n) is 1.73. The van der Waals surface area contributed by atoms with Crippen LogP contribution in [0.3, 0.4) is 0 Å². The van der Waals surface area contributed by atoms with Crippen molar-refractivity contribution in [3.05, 3.63) is 23.2 Å². The summed E-state index contributed by atoms with van der Waals surface area (Å²) in [5.41, 5.74) is 4.67. The molecule has 0 aliphatic carbocycles. The van der Waals surface area contributed by atoms with Crippen molar-refractivity contribution in [2.75, 3.05) is 18.8 Å². The number of hydrogen-bond acceptors (Lipinski definition) is 4. The van der Waals surface area contributed by atoms with Crippen LogP contribution in [0, 0.1) is 0 Å². The molecule has 0 saturated heterocycles. The summed E-state index contributed by atoms with van der Waals surface area (Å²) in [5, 5.41) is 9.88. The minimum atomic E-state index is -3.83. The maximum atomic E-state index is 12.5. The van der Waals surface area contributed by atoms with Crippen molar-refractivity contribution in [2.24, 2.45) is 0 Å². The molecular formula is C12H19ClN2O3S. The topological polar surface area (TPSA) is 83.6 Å². The van der Waals surface area contributed by atoms with Crippen molar-refractivity contribution in [1.82, 2.24) is 4.31 Å². The molecule has 0 bridgehead atoms. The van der Waals surface area contributed by atoms with Crippen LogP contribution in [-0.2, 0) is 10.0 Å². The summed E-state index contributed by atoms with van der Waals surface area (Å²) in [4.78, 5) is -0.109. The molecule has 0 spiro atoms. The molecule has 1 aromatic rings. The van der Waals surface area contributed by atoms with E-state index in [2.05, 4.69) is 0 Å². The Bertz CT molecular complexity index is 532. The van der Waals surface area contributed by atoms with Crippen LogP contribution in [0.15, 0.2) is 23.1 Å². The zero-order valence-electron chi connectivity index (χ0n) is 11.2. The SMILES string of the molecule is CCN(CC(C)(C)O)S(=O)(=O)c1c(N)cccc1Cl. The van der Waals surface area contributed by atoms with Gasteiger partial charge in [-0.2, -0.15) is 4.31 Å². The van der Waals surface area contributed by atoms with Crippen LogP contribution in [0.2, 0.25) is 5.02 Å². The molecule has 0 aliphatic rings. The van der Waals surface area contributed by atoms with Gasteiger partial charge in [0.2, 0.25) is 10.0 Å². The van der Waals surface area contributed by atoms with Crippen molar-refractivity contribution >= 4 is 27.3 Å².